The van der Waals surface area contributed by atoms with Crippen LogP contribution in [-0.4, -0.2) is 53.8 Å². The second kappa shape index (κ2) is 14.7. The first kappa shape index (κ1) is 28.6. The maximum Gasteiger partial charge on any atom is 0.348 e. The van der Waals surface area contributed by atoms with Gasteiger partial charge in [-0.3, -0.25) is 0 Å². The highest BCUT2D eigenvalue weighted by Gasteiger charge is 2.36. The van der Waals surface area contributed by atoms with Crippen LogP contribution >= 0.6 is 0 Å². The number of carbonyl (C=O) groups is 2. The smallest absolute Gasteiger partial charge is 0.348 e. The zero-order valence-electron chi connectivity index (χ0n) is 22.3. The van der Waals surface area contributed by atoms with Crippen molar-refractivity contribution < 1.29 is 24.2 Å². The number of ether oxygens (including phenoxy) is 2. The van der Waals surface area contributed by atoms with Gasteiger partial charge in [-0.05, 0) is 61.6 Å². The summed E-state index contributed by atoms with van der Waals surface area (Å²) in [5, 5.41) is 12.8. The van der Waals surface area contributed by atoms with Gasteiger partial charge in [0, 0.05) is 26.1 Å². The van der Waals surface area contributed by atoms with Gasteiger partial charge in [0.2, 0.25) is 5.60 Å². The van der Waals surface area contributed by atoms with Gasteiger partial charge in [0.15, 0.2) is 0 Å². The molecular formula is C31H38N2O5. The number of carboxylic acids is 1. The number of urea groups is 1. The molecule has 0 fully saturated rings. The number of rotatable bonds is 15. The molecule has 38 heavy (non-hydrogen) atoms. The second-order valence-corrected chi connectivity index (χ2v) is 9.43. The van der Waals surface area contributed by atoms with Crippen LogP contribution in [-0.2, 0) is 17.6 Å². The van der Waals surface area contributed by atoms with Crippen LogP contribution in [0.25, 0.3) is 0 Å². The van der Waals surface area contributed by atoms with Crippen molar-refractivity contribution in [3.63, 3.8) is 0 Å². The largest absolute Gasteiger partial charge is 0.494 e. The van der Waals surface area contributed by atoms with Crippen LogP contribution in [0.3, 0.4) is 0 Å². The predicted molar refractivity (Wildman–Crippen MR) is 149 cm³/mol. The highest BCUT2D eigenvalue weighted by molar-refractivity contribution is 5.78. The van der Waals surface area contributed by atoms with E-state index in [-0.39, 0.29) is 12.5 Å². The second-order valence-electron chi connectivity index (χ2n) is 9.43. The molecule has 0 radical (unpaired) electrons. The number of nitrogens with zero attached hydrogens (tertiary/aromatic N) is 1. The number of carbonyl (C=O) groups excluding carboxylic acids is 1. The summed E-state index contributed by atoms with van der Waals surface area (Å²) < 4.78 is 11.7. The Morgan fingerprint density at radius 2 is 1.53 bits per heavy atom. The van der Waals surface area contributed by atoms with Crippen molar-refractivity contribution in [3.8, 4) is 11.5 Å². The Labute approximate surface area is 225 Å². The Morgan fingerprint density at radius 1 is 0.868 bits per heavy atom. The van der Waals surface area contributed by atoms with Crippen molar-refractivity contribution in [2.24, 2.45) is 0 Å². The summed E-state index contributed by atoms with van der Waals surface area (Å²) in [4.78, 5) is 26.4. The van der Waals surface area contributed by atoms with Crippen LogP contribution < -0.4 is 14.8 Å². The quantitative estimate of drug-likeness (QED) is 0.256. The van der Waals surface area contributed by atoms with Crippen LogP contribution in [0.1, 0.15) is 37.8 Å². The number of aliphatic carboxylic acids is 1. The monoisotopic (exact) mass is 518 g/mol. The lowest BCUT2D eigenvalue weighted by Crippen LogP contribution is -2.43. The van der Waals surface area contributed by atoms with Gasteiger partial charge in [-0.15, -0.1) is 0 Å². The topological polar surface area (TPSA) is 88.1 Å². The van der Waals surface area contributed by atoms with Crippen molar-refractivity contribution >= 4 is 12.0 Å². The van der Waals surface area contributed by atoms with Crippen molar-refractivity contribution in [3.05, 3.63) is 96.1 Å². The molecule has 0 aliphatic heterocycles. The lowest BCUT2D eigenvalue weighted by molar-refractivity contribution is -0.153. The molecule has 7 nitrogen and oxygen atoms in total. The van der Waals surface area contributed by atoms with E-state index in [2.05, 4.69) is 24.4 Å². The fourth-order valence-electron chi connectivity index (χ4n) is 4.10. The average Bonchev–Trinajstić information content (AvgIpc) is 2.92. The molecule has 1 atom stereocenters. The summed E-state index contributed by atoms with van der Waals surface area (Å²) in [5.41, 5.74) is 0.638. The number of hydrogen-bond donors (Lipinski definition) is 2. The molecule has 7 heteroatoms. The molecule has 0 spiro atoms. The van der Waals surface area contributed by atoms with Crippen molar-refractivity contribution in [2.75, 3.05) is 26.2 Å². The minimum atomic E-state index is -1.39. The Morgan fingerprint density at radius 3 is 2.16 bits per heavy atom. The molecule has 3 aromatic rings. The number of nitrogens with one attached hydrogen (secondary N) is 1. The number of para-hydroxylation sites is 1. The lowest BCUT2D eigenvalue weighted by atomic mass is 9.96. The molecule has 0 saturated heterocycles. The Bertz CT molecular complexity index is 1120. The molecule has 3 aromatic carbocycles. The van der Waals surface area contributed by atoms with Crippen LogP contribution in [0.15, 0.2) is 84.9 Å². The fourth-order valence-corrected chi connectivity index (χ4v) is 4.10. The molecule has 0 aliphatic carbocycles. The van der Waals surface area contributed by atoms with Crippen molar-refractivity contribution in [1.82, 2.24) is 10.2 Å². The third-order valence-electron chi connectivity index (χ3n) is 6.16. The number of amides is 2. The SMILES string of the molecule is CCCN(CCCOc1ccc(CC(C)(Oc2ccccc2)C(=O)O)cc1)C(=O)NCCc1ccccc1. The van der Waals surface area contributed by atoms with Gasteiger partial charge < -0.3 is 24.8 Å². The average molecular weight is 519 g/mol. The van der Waals surface area contributed by atoms with E-state index in [1.807, 2.05) is 65.6 Å². The Kier molecular flexibility index (Phi) is 11.0. The zero-order chi connectivity index (χ0) is 27.2. The maximum atomic E-state index is 12.6. The van der Waals surface area contributed by atoms with Gasteiger partial charge >= 0.3 is 12.0 Å². The van der Waals surface area contributed by atoms with Gasteiger partial charge in [0.05, 0.1) is 6.61 Å². The molecule has 1 unspecified atom stereocenters. The van der Waals surface area contributed by atoms with E-state index in [9.17, 15) is 14.7 Å². The van der Waals surface area contributed by atoms with E-state index in [1.54, 1.807) is 19.1 Å². The number of benzene rings is 3. The molecule has 0 aromatic heterocycles. The summed E-state index contributed by atoms with van der Waals surface area (Å²) in [6.07, 6.45) is 2.60. The summed E-state index contributed by atoms with van der Waals surface area (Å²) in [6, 6.07) is 26.4. The van der Waals surface area contributed by atoms with E-state index < -0.39 is 11.6 Å². The molecule has 0 aliphatic rings. The standard InChI is InChI=1S/C31H38N2O5/c1-3-21-33(30(36)32-20-19-25-11-6-4-7-12-25)22-10-23-37-27-17-15-26(16-18-27)24-31(2,29(34)35)38-28-13-8-5-9-14-28/h4-9,11-18H,3,10,19-24H2,1-2H3,(H,32,36)(H,34,35). The Hall–Kier alpha value is -4.00. The molecule has 2 amide bonds. The maximum absolute atomic E-state index is 12.6. The highest BCUT2D eigenvalue weighted by atomic mass is 16.5. The van der Waals surface area contributed by atoms with Crippen LogP contribution in [0.2, 0.25) is 0 Å². The third kappa shape index (κ3) is 9.14. The lowest BCUT2D eigenvalue weighted by Gasteiger charge is -2.26. The normalized spacial score (nSPS) is 12.3. The van der Waals surface area contributed by atoms with Gasteiger partial charge in [-0.1, -0.05) is 67.6 Å². The zero-order valence-corrected chi connectivity index (χ0v) is 22.3. The molecule has 2 N–H and O–H groups in total. The van der Waals surface area contributed by atoms with Crippen LogP contribution in [0.5, 0.6) is 11.5 Å². The van der Waals surface area contributed by atoms with Crippen molar-refractivity contribution in [2.45, 2.75) is 45.1 Å². The molecule has 3 rings (SSSR count). The van der Waals surface area contributed by atoms with Gasteiger partial charge in [0.25, 0.3) is 0 Å². The summed E-state index contributed by atoms with van der Waals surface area (Å²) >= 11 is 0. The molecule has 0 heterocycles. The van der Waals surface area contributed by atoms with Crippen molar-refractivity contribution in [1.29, 1.82) is 0 Å². The van der Waals surface area contributed by atoms with Crippen LogP contribution in [0, 0.1) is 0 Å². The molecule has 202 valence electrons. The van der Waals surface area contributed by atoms with E-state index in [0.29, 0.717) is 44.2 Å². The molecule has 0 saturated carbocycles. The Balaban J connectivity index is 1.43. The number of carboxylic acid groups (broad SMARTS) is 1. The van der Waals surface area contributed by atoms with E-state index in [4.69, 9.17) is 9.47 Å². The van der Waals surface area contributed by atoms with Gasteiger partial charge in [-0.2, -0.15) is 0 Å². The molecule has 0 bridgehead atoms. The first-order valence-electron chi connectivity index (χ1n) is 13.2. The summed E-state index contributed by atoms with van der Waals surface area (Å²) in [7, 11) is 0. The van der Waals surface area contributed by atoms with E-state index in [0.717, 1.165) is 18.4 Å². The predicted octanol–water partition coefficient (Wildman–Crippen LogP) is 5.58. The van der Waals surface area contributed by atoms with Gasteiger partial charge in [-0.25, -0.2) is 9.59 Å². The minimum Gasteiger partial charge on any atom is -0.494 e. The van der Waals surface area contributed by atoms with E-state index >= 15 is 0 Å². The number of hydrogen-bond acceptors (Lipinski definition) is 4. The minimum absolute atomic E-state index is 0.0497. The third-order valence-corrected chi connectivity index (χ3v) is 6.16. The van der Waals surface area contributed by atoms with Crippen LogP contribution in [0.4, 0.5) is 4.79 Å². The summed E-state index contributed by atoms with van der Waals surface area (Å²) in [5.74, 6) is 0.186. The fraction of sp³-hybridized carbons (Fsp3) is 0.355. The molecular weight excluding hydrogens is 480 g/mol. The van der Waals surface area contributed by atoms with E-state index in [1.165, 1.54) is 5.56 Å². The summed E-state index contributed by atoms with van der Waals surface area (Å²) in [6.45, 7) is 6.01. The first-order chi connectivity index (χ1) is 18.4. The van der Waals surface area contributed by atoms with Gasteiger partial charge in [0.1, 0.15) is 11.5 Å². The highest BCUT2D eigenvalue weighted by Crippen LogP contribution is 2.24. The first-order valence-corrected chi connectivity index (χ1v) is 13.2.